The maximum atomic E-state index is 12.1. The van der Waals surface area contributed by atoms with E-state index in [1.54, 1.807) is 4.90 Å². The summed E-state index contributed by atoms with van der Waals surface area (Å²) in [6.07, 6.45) is 2.02. The van der Waals surface area contributed by atoms with E-state index in [4.69, 9.17) is 5.73 Å². The van der Waals surface area contributed by atoms with E-state index in [1.807, 2.05) is 20.8 Å². The molecule has 104 valence electrons. The molecule has 0 aromatic rings. The zero-order valence-corrected chi connectivity index (χ0v) is 11.5. The van der Waals surface area contributed by atoms with E-state index in [-0.39, 0.29) is 18.4 Å². The molecule has 0 radical (unpaired) electrons. The van der Waals surface area contributed by atoms with Crippen molar-refractivity contribution in [2.24, 2.45) is 17.1 Å². The van der Waals surface area contributed by atoms with Gasteiger partial charge in [0.05, 0.1) is 11.5 Å². The second-order valence-corrected chi connectivity index (χ2v) is 5.52. The van der Waals surface area contributed by atoms with Crippen molar-refractivity contribution in [1.82, 2.24) is 4.90 Å². The predicted molar refractivity (Wildman–Crippen MR) is 69.0 cm³/mol. The van der Waals surface area contributed by atoms with Crippen LogP contribution in [0.4, 0.5) is 0 Å². The third-order valence-corrected chi connectivity index (χ3v) is 4.06. The van der Waals surface area contributed by atoms with Crippen molar-refractivity contribution in [3.63, 3.8) is 0 Å². The Labute approximate surface area is 108 Å². The summed E-state index contributed by atoms with van der Waals surface area (Å²) in [4.78, 5) is 25.2. The Bertz CT molecular complexity index is 330. The number of hydrogen-bond acceptors (Lipinski definition) is 3. The number of nitrogens with two attached hydrogens (primary N) is 1. The van der Waals surface area contributed by atoms with Gasteiger partial charge in [0.2, 0.25) is 5.91 Å². The summed E-state index contributed by atoms with van der Waals surface area (Å²) in [5, 5.41) is 9.41. The average molecular weight is 256 g/mol. The SMILES string of the molecule is CCCC(N)C(=O)N1CCC(C(=O)O)(C(C)C)C1. The van der Waals surface area contributed by atoms with E-state index in [0.717, 1.165) is 6.42 Å². The molecule has 1 heterocycles. The minimum atomic E-state index is -0.808. The summed E-state index contributed by atoms with van der Waals surface area (Å²) < 4.78 is 0. The average Bonchev–Trinajstić information content (AvgIpc) is 2.74. The van der Waals surface area contributed by atoms with Crippen LogP contribution in [-0.4, -0.2) is 41.0 Å². The van der Waals surface area contributed by atoms with E-state index >= 15 is 0 Å². The molecule has 5 nitrogen and oxygen atoms in total. The minimum Gasteiger partial charge on any atom is -0.481 e. The Morgan fingerprint density at radius 2 is 2.06 bits per heavy atom. The van der Waals surface area contributed by atoms with Crippen molar-refractivity contribution in [2.45, 2.75) is 46.1 Å². The molecule has 1 aliphatic rings. The largest absolute Gasteiger partial charge is 0.481 e. The third kappa shape index (κ3) is 2.66. The molecule has 1 fully saturated rings. The van der Waals surface area contributed by atoms with Crippen LogP contribution in [0.2, 0.25) is 0 Å². The molecule has 1 aliphatic heterocycles. The summed E-state index contributed by atoms with van der Waals surface area (Å²) in [5.41, 5.74) is 5.01. The summed E-state index contributed by atoms with van der Waals surface area (Å²) in [7, 11) is 0. The first kappa shape index (κ1) is 15.0. The molecule has 0 aromatic heterocycles. The highest BCUT2D eigenvalue weighted by atomic mass is 16.4. The van der Waals surface area contributed by atoms with Crippen molar-refractivity contribution in [1.29, 1.82) is 0 Å². The lowest BCUT2D eigenvalue weighted by Gasteiger charge is -2.29. The lowest BCUT2D eigenvalue weighted by atomic mass is 9.76. The standard InChI is InChI=1S/C13H24N2O3/c1-4-5-10(14)11(16)15-7-6-13(8-15,9(2)3)12(17)18/h9-10H,4-8,14H2,1-3H3,(H,17,18). The summed E-state index contributed by atoms with van der Waals surface area (Å²) in [6.45, 7) is 6.56. The molecule has 1 amide bonds. The maximum absolute atomic E-state index is 12.1. The van der Waals surface area contributed by atoms with Gasteiger partial charge in [0.1, 0.15) is 0 Å². The van der Waals surface area contributed by atoms with Gasteiger partial charge in [-0.25, -0.2) is 0 Å². The number of carbonyl (C=O) groups excluding carboxylic acids is 1. The number of aliphatic carboxylic acids is 1. The molecule has 3 N–H and O–H groups in total. The van der Waals surface area contributed by atoms with E-state index in [9.17, 15) is 14.7 Å². The Morgan fingerprint density at radius 1 is 1.44 bits per heavy atom. The van der Waals surface area contributed by atoms with E-state index in [2.05, 4.69) is 0 Å². The lowest BCUT2D eigenvalue weighted by molar-refractivity contribution is -0.151. The highest BCUT2D eigenvalue weighted by molar-refractivity contribution is 5.84. The molecule has 0 bridgehead atoms. The molecule has 0 aliphatic carbocycles. The Kier molecular flexibility index (Phi) is 4.73. The second kappa shape index (κ2) is 5.69. The van der Waals surface area contributed by atoms with Crippen LogP contribution in [-0.2, 0) is 9.59 Å². The van der Waals surface area contributed by atoms with Gasteiger partial charge in [-0.3, -0.25) is 9.59 Å². The molecule has 1 saturated heterocycles. The van der Waals surface area contributed by atoms with Gasteiger partial charge < -0.3 is 15.7 Å². The van der Waals surface area contributed by atoms with Gasteiger partial charge in [0.25, 0.3) is 0 Å². The van der Waals surface area contributed by atoms with E-state index in [1.165, 1.54) is 0 Å². The van der Waals surface area contributed by atoms with Gasteiger partial charge in [-0.2, -0.15) is 0 Å². The number of carboxylic acid groups (broad SMARTS) is 1. The van der Waals surface area contributed by atoms with E-state index in [0.29, 0.717) is 19.4 Å². The summed E-state index contributed by atoms with van der Waals surface area (Å²) >= 11 is 0. The van der Waals surface area contributed by atoms with Crippen LogP contribution in [0.25, 0.3) is 0 Å². The number of nitrogens with zero attached hydrogens (tertiary/aromatic N) is 1. The Balaban J connectivity index is 2.75. The van der Waals surface area contributed by atoms with Gasteiger partial charge in [-0.1, -0.05) is 27.2 Å². The van der Waals surface area contributed by atoms with Crippen LogP contribution in [0.3, 0.4) is 0 Å². The smallest absolute Gasteiger partial charge is 0.311 e. The number of carboxylic acids is 1. The molecule has 0 saturated carbocycles. The summed E-state index contributed by atoms with van der Waals surface area (Å²) in [5.74, 6) is -0.910. The van der Waals surface area contributed by atoms with Crippen LogP contribution < -0.4 is 5.73 Å². The molecule has 0 aromatic carbocycles. The van der Waals surface area contributed by atoms with Crippen molar-refractivity contribution in [3.05, 3.63) is 0 Å². The Morgan fingerprint density at radius 3 is 2.44 bits per heavy atom. The third-order valence-electron chi connectivity index (χ3n) is 4.06. The van der Waals surface area contributed by atoms with Gasteiger partial charge >= 0.3 is 5.97 Å². The molecular weight excluding hydrogens is 232 g/mol. The fraction of sp³-hybridized carbons (Fsp3) is 0.846. The monoisotopic (exact) mass is 256 g/mol. The molecule has 18 heavy (non-hydrogen) atoms. The fourth-order valence-corrected chi connectivity index (χ4v) is 2.58. The number of carbonyl (C=O) groups is 2. The number of hydrogen-bond donors (Lipinski definition) is 2. The van der Waals surface area contributed by atoms with Crippen LogP contribution in [0.5, 0.6) is 0 Å². The first-order valence-electron chi connectivity index (χ1n) is 6.63. The van der Waals surface area contributed by atoms with Crippen molar-refractivity contribution < 1.29 is 14.7 Å². The maximum Gasteiger partial charge on any atom is 0.311 e. The molecule has 0 spiro atoms. The zero-order chi connectivity index (χ0) is 13.9. The van der Waals surface area contributed by atoms with Crippen molar-refractivity contribution >= 4 is 11.9 Å². The van der Waals surface area contributed by atoms with Crippen LogP contribution in [0.15, 0.2) is 0 Å². The molecule has 2 unspecified atom stereocenters. The fourth-order valence-electron chi connectivity index (χ4n) is 2.58. The lowest BCUT2D eigenvalue weighted by Crippen LogP contribution is -2.45. The van der Waals surface area contributed by atoms with Crippen LogP contribution in [0, 0.1) is 11.3 Å². The molecular formula is C13H24N2O3. The van der Waals surface area contributed by atoms with Gasteiger partial charge in [0, 0.05) is 13.1 Å². The van der Waals surface area contributed by atoms with Crippen LogP contribution >= 0.6 is 0 Å². The highest BCUT2D eigenvalue weighted by Crippen LogP contribution is 2.38. The van der Waals surface area contributed by atoms with E-state index < -0.39 is 17.4 Å². The first-order valence-corrected chi connectivity index (χ1v) is 6.63. The van der Waals surface area contributed by atoms with Gasteiger partial charge in [0.15, 0.2) is 0 Å². The number of likely N-dealkylation sites (tertiary alicyclic amines) is 1. The quantitative estimate of drug-likeness (QED) is 0.770. The molecule has 2 atom stereocenters. The summed E-state index contributed by atoms with van der Waals surface area (Å²) in [6, 6.07) is -0.494. The zero-order valence-electron chi connectivity index (χ0n) is 11.5. The van der Waals surface area contributed by atoms with Gasteiger partial charge in [-0.05, 0) is 18.8 Å². The molecule has 1 rings (SSSR count). The highest BCUT2D eigenvalue weighted by Gasteiger charge is 2.48. The first-order chi connectivity index (χ1) is 8.35. The van der Waals surface area contributed by atoms with Gasteiger partial charge in [-0.15, -0.1) is 0 Å². The van der Waals surface area contributed by atoms with Crippen molar-refractivity contribution in [2.75, 3.05) is 13.1 Å². The predicted octanol–water partition coefficient (Wildman–Crippen LogP) is 1.07. The van der Waals surface area contributed by atoms with Crippen molar-refractivity contribution in [3.8, 4) is 0 Å². The minimum absolute atomic E-state index is 0.00944. The number of amides is 1. The second-order valence-electron chi connectivity index (χ2n) is 5.52. The van der Waals surface area contributed by atoms with Crippen LogP contribution in [0.1, 0.15) is 40.0 Å². The normalized spacial score (nSPS) is 25.5. The molecule has 5 heteroatoms. The Hall–Kier alpha value is -1.10. The topological polar surface area (TPSA) is 83.6 Å². The number of rotatable bonds is 5.